The Kier molecular flexibility index (Phi) is 4.69. The molecule has 0 radical (unpaired) electrons. The van der Waals surface area contributed by atoms with Crippen molar-refractivity contribution in [3.05, 3.63) is 46.1 Å². The van der Waals surface area contributed by atoms with Crippen LogP contribution in [0.5, 0.6) is 5.75 Å². The topological polar surface area (TPSA) is 78.2 Å². The number of aryl methyl sites for hydroxylation is 2. The van der Waals surface area contributed by atoms with Gasteiger partial charge >= 0.3 is 5.69 Å². The molecule has 3 rings (SSSR count). The minimum atomic E-state index is -0.0917. The molecule has 1 aromatic heterocycles. The number of hydrogen-bond donors (Lipinski definition) is 1. The van der Waals surface area contributed by atoms with Crippen LogP contribution in [-0.4, -0.2) is 33.4 Å². The van der Waals surface area contributed by atoms with Crippen LogP contribution in [0, 0.1) is 0 Å². The van der Waals surface area contributed by atoms with E-state index in [-0.39, 0.29) is 24.1 Å². The first-order valence-corrected chi connectivity index (χ1v) is 8.12. The number of aromatic nitrogens is 3. The summed E-state index contributed by atoms with van der Waals surface area (Å²) in [5.41, 5.74) is 0.777. The van der Waals surface area contributed by atoms with E-state index >= 15 is 0 Å². The zero-order valence-corrected chi connectivity index (χ0v) is 14.0. The zero-order valence-electron chi connectivity index (χ0n) is 14.0. The average Bonchev–Trinajstić information content (AvgIpc) is 2.72. The normalized spacial score (nSPS) is 17.0. The van der Waals surface area contributed by atoms with Crippen LogP contribution in [0.25, 0.3) is 0 Å². The molecule has 7 heteroatoms. The highest BCUT2D eigenvalue weighted by Crippen LogP contribution is 2.18. The zero-order chi connectivity index (χ0) is 17.1. The summed E-state index contributed by atoms with van der Waals surface area (Å²) in [5.74, 6) is 1.48. The summed E-state index contributed by atoms with van der Waals surface area (Å²) in [7, 11) is 3.26. The van der Waals surface area contributed by atoms with E-state index in [0.717, 1.165) is 30.0 Å². The third-order valence-electron chi connectivity index (χ3n) is 4.41. The highest BCUT2D eigenvalue weighted by Gasteiger charge is 2.21. The van der Waals surface area contributed by atoms with Gasteiger partial charge in [0, 0.05) is 31.6 Å². The van der Waals surface area contributed by atoms with Crippen LogP contribution in [0.2, 0.25) is 0 Å². The van der Waals surface area contributed by atoms with Crippen molar-refractivity contribution < 1.29 is 9.53 Å². The predicted octanol–water partition coefficient (Wildman–Crippen LogP) is 0.654. The van der Waals surface area contributed by atoms with E-state index in [1.165, 1.54) is 4.68 Å². The summed E-state index contributed by atoms with van der Waals surface area (Å²) in [6.45, 7) is 0.585. The summed E-state index contributed by atoms with van der Waals surface area (Å²) < 4.78 is 8.36. The summed E-state index contributed by atoms with van der Waals surface area (Å²) in [5, 5.41) is 7.33. The van der Waals surface area contributed by atoms with Crippen LogP contribution in [0.15, 0.2) is 29.1 Å². The van der Waals surface area contributed by atoms with Gasteiger partial charge in [-0.05, 0) is 18.9 Å². The van der Waals surface area contributed by atoms with Crippen molar-refractivity contribution in [3.63, 3.8) is 0 Å². The fourth-order valence-electron chi connectivity index (χ4n) is 3.14. The van der Waals surface area contributed by atoms with Crippen molar-refractivity contribution in [2.24, 2.45) is 7.05 Å². The molecule has 0 bridgehead atoms. The van der Waals surface area contributed by atoms with Gasteiger partial charge in [-0.1, -0.05) is 18.2 Å². The molecule has 128 valence electrons. The van der Waals surface area contributed by atoms with Crippen LogP contribution in [0.3, 0.4) is 0 Å². The number of nitrogens with one attached hydrogen (secondary N) is 1. The van der Waals surface area contributed by atoms with Crippen molar-refractivity contribution in [2.75, 3.05) is 7.11 Å². The van der Waals surface area contributed by atoms with E-state index in [1.807, 2.05) is 24.3 Å². The fraction of sp³-hybridized carbons (Fsp3) is 0.471. The highest BCUT2D eigenvalue weighted by atomic mass is 16.5. The fourth-order valence-corrected chi connectivity index (χ4v) is 3.14. The molecule has 0 fully saturated rings. The van der Waals surface area contributed by atoms with Gasteiger partial charge in [0.15, 0.2) is 0 Å². The summed E-state index contributed by atoms with van der Waals surface area (Å²) in [6.07, 6.45) is 2.49. The summed E-state index contributed by atoms with van der Waals surface area (Å²) >= 11 is 0. The molecule has 1 atom stereocenters. The quantitative estimate of drug-likeness (QED) is 0.893. The standard InChI is InChI=1S/C17H22N4O3/c1-20-17(23)21-10-9-13(7-8-15(21)19-20)18-16(22)11-12-5-3-4-6-14(12)24-2/h3-6,13H,7-11H2,1-2H3,(H,18,22). The number of carbonyl (C=O) groups excluding carboxylic acids is 1. The Balaban J connectivity index is 1.61. The lowest BCUT2D eigenvalue weighted by molar-refractivity contribution is -0.121. The van der Waals surface area contributed by atoms with Crippen molar-refractivity contribution in [2.45, 2.75) is 38.3 Å². The molecule has 1 amide bonds. The molecule has 7 nitrogen and oxygen atoms in total. The van der Waals surface area contributed by atoms with Crippen LogP contribution in [-0.2, 0) is 31.2 Å². The Labute approximate surface area is 140 Å². The first-order valence-electron chi connectivity index (χ1n) is 8.12. The Bertz CT molecular complexity index is 793. The number of para-hydroxylation sites is 1. The molecule has 1 aliphatic heterocycles. The second-order valence-electron chi connectivity index (χ2n) is 6.05. The second kappa shape index (κ2) is 6.90. The average molecular weight is 330 g/mol. The Morgan fingerprint density at radius 3 is 2.96 bits per heavy atom. The first-order chi connectivity index (χ1) is 11.6. The van der Waals surface area contributed by atoms with Crippen LogP contribution in [0.4, 0.5) is 0 Å². The number of carbonyl (C=O) groups is 1. The van der Waals surface area contributed by atoms with Gasteiger partial charge in [0.05, 0.1) is 13.5 Å². The highest BCUT2D eigenvalue weighted by molar-refractivity contribution is 5.79. The molecule has 1 aromatic carbocycles. The van der Waals surface area contributed by atoms with Crippen molar-refractivity contribution >= 4 is 5.91 Å². The smallest absolute Gasteiger partial charge is 0.345 e. The lowest BCUT2D eigenvalue weighted by atomic mass is 10.1. The van der Waals surface area contributed by atoms with Crippen molar-refractivity contribution in [1.29, 1.82) is 0 Å². The molecule has 1 aliphatic rings. The third kappa shape index (κ3) is 3.34. The number of rotatable bonds is 4. The largest absolute Gasteiger partial charge is 0.496 e. The van der Waals surface area contributed by atoms with Crippen molar-refractivity contribution in [1.82, 2.24) is 19.7 Å². The maximum absolute atomic E-state index is 12.3. The molecule has 24 heavy (non-hydrogen) atoms. The molecule has 2 heterocycles. The number of ether oxygens (including phenoxy) is 1. The number of nitrogens with zero attached hydrogens (tertiary/aromatic N) is 3. The van der Waals surface area contributed by atoms with Gasteiger partial charge in [-0.2, -0.15) is 5.10 Å². The molecule has 0 spiro atoms. The molecular formula is C17H22N4O3. The second-order valence-corrected chi connectivity index (χ2v) is 6.05. The van der Waals surface area contributed by atoms with Gasteiger partial charge < -0.3 is 10.1 Å². The van der Waals surface area contributed by atoms with Gasteiger partial charge in [-0.15, -0.1) is 0 Å². The van der Waals surface area contributed by atoms with E-state index in [0.29, 0.717) is 13.0 Å². The van der Waals surface area contributed by atoms with E-state index in [1.54, 1.807) is 18.7 Å². The molecule has 1 unspecified atom stereocenters. The van der Waals surface area contributed by atoms with E-state index in [9.17, 15) is 9.59 Å². The lowest BCUT2D eigenvalue weighted by Gasteiger charge is -2.16. The van der Waals surface area contributed by atoms with Gasteiger partial charge in [0.1, 0.15) is 11.6 Å². The van der Waals surface area contributed by atoms with E-state index < -0.39 is 0 Å². The molecule has 0 saturated carbocycles. The third-order valence-corrected chi connectivity index (χ3v) is 4.41. The number of fused-ring (bicyclic) bond motifs is 1. The summed E-state index contributed by atoms with van der Waals surface area (Å²) in [4.78, 5) is 24.3. The lowest BCUT2D eigenvalue weighted by Crippen LogP contribution is -2.36. The van der Waals surface area contributed by atoms with E-state index in [2.05, 4.69) is 10.4 Å². The van der Waals surface area contributed by atoms with Crippen molar-refractivity contribution in [3.8, 4) is 5.75 Å². The number of amides is 1. The van der Waals surface area contributed by atoms with Gasteiger partial charge in [0.25, 0.3) is 0 Å². The van der Waals surface area contributed by atoms with Crippen LogP contribution in [0.1, 0.15) is 24.2 Å². The SMILES string of the molecule is COc1ccccc1CC(=O)NC1CCc2nn(C)c(=O)n2CC1. The maximum atomic E-state index is 12.3. The van der Waals surface area contributed by atoms with Crippen LogP contribution < -0.4 is 15.7 Å². The molecule has 2 aromatic rings. The molecular weight excluding hydrogens is 308 g/mol. The van der Waals surface area contributed by atoms with Gasteiger partial charge in [0.2, 0.25) is 5.91 Å². The number of hydrogen-bond acceptors (Lipinski definition) is 4. The monoisotopic (exact) mass is 330 g/mol. The minimum Gasteiger partial charge on any atom is -0.496 e. The number of methoxy groups -OCH3 is 1. The first kappa shape index (κ1) is 16.3. The Morgan fingerprint density at radius 2 is 2.17 bits per heavy atom. The van der Waals surface area contributed by atoms with Gasteiger partial charge in [-0.25, -0.2) is 9.48 Å². The number of benzene rings is 1. The Morgan fingerprint density at radius 1 is 1.38 bits per heavy atom. The molecule has 0 aliphatic carbocycles. The predicted molar refractivity (Wildman–Crippen MR) is 89.0 cm³/mol. The summed E-state index contributed by atoms with van der Waals surface area (Å²) in [6, 6.07) is 7.57. The molecule has 0 saturated heterocycles. The van der Waals surface area contributed by atoms with Crippen LogP contribution >= 0.6 is 0 Å². The minimum absolute atomic E-state index is 0.0306. The van der Waals surface area contributed by atoms with E-state index in [4.69, 9.17) is 4.74 Å². The molecule has 1 N–H and O–H groups in total. The maximum Gasteiger partial charge on any atom is 0.345 e. The Hall–Kier alpha value is -2.57. The van der Waals surface area contributed by atoms with Gasteiger partial charge in [-0.3, -0.25) is 9.36 Å².